The van der Waals surface area contributed by atoms with Gasteiger partial charge in [-0.3, -0.25) is 0 Å². The molecule has 2 aromatic rings. The topological polar surface area (TPSA) is 21.3 Å². The van der Waals surface area contributed by atoms with Gasteiger partial charge in [0, 0.05) is 6.04 Å². The Morgan fingerprint density at radius 1 is 1.05 bits per heavy atom. The minimum atomic E-state index is -0.365. The molecular formula is C17H19F2NO. The third kappa shape index (κ3) is 4.26. The standard InChI is InChI=1S/C17H19F2NO/c1-20-15(9-12-4-3-5-14(18)8-12)10-13-6-7-17(21-2)16(19)11-13/h3-8,11,15,20H,9-10H2,1-2H3. The molecular weight excluding hydrogens is 272 g/mol. The average Bonchev–Trinajstić information content (AvgIpc) is 2.47. The van der Waals surface area contributed by atoms with Crippen LogP contribution >= 0.6 is 0 Å². The van der Waals surface area contributed by atoms with Crippen LogP contribution in [0, 0.1) is 11.6 Å². The molecule has 2 aromatic carbocycles. The van der Waals surface area contributed by atoms with Crippen LogP contribution in [0.15, 0.2) is 42.5 Å². The number of rotatable bonds is 6. The molecule has 0 heterocycles. The van der Waals surface area contributed by atoms with Crippen molar-refractivity contribution in [3.63, 3.8) is 0 Å². The minimum Gasteiger partial charge on any atom is -0.494 e. The molecule has 0 spiro atoms. The molecule has 0 aliphatic heterocycles. The Balaban J connectivity index is 2.07. The van der Waals surface area contributed by atoms with Crippen LogP contribution in [0.5, 0.6) is 5.75 Å². The molecule has 0 fully saturated rings. The second-order valence-corrected chi connectivity index (χ2v) is 4.99. The van der Waals surface area contributed by atoms with Crippen molar-refractivity contribution in [1.82, 2.24) is 5.32 Å². The molecule has 0 aliphatic rings. The predicted molar refractivity (Wildman–Crippen MR) is 79.6 cm³/mol. The first kappa shape index (κ1) is 15.4. The second-order valence-electron chi connectivity index (χ2n) is 4.99. The normalized spacial score (nSPS) is 12.2. The van der Waals surface area contributed by atoms with Crippen LogP contribution in [0.3, 0.4) is 0 Å². The van der Waals surface area contributed by atoms with Crippen molar-refractivity contribution < 1.29 is 13.5 Å². The molecule has 2 rings (SSSR count). The van der Waals surface area contributed by atoms with Gasteiger partial charge in [-0.05, 0) is 55.3 Å². The van der Waals surface area contributed by atoms with Gasteiger partial charge in [0.05, 0.1) is 7.11 Å². The molecule has 0 bridgehead atoms. The van der Waals surface area contributed by atoms with E-state index >= 15 is 0 Å². The minimum absolute atomic E-state index is 0.111. The van der Waals surface area contributed by atoms with Gasteiger partial charge in [0.1, 0.15) is 5.82 Å². The summed E-state index contributed by atoms with van der Waals surface area (Å²) in [7, 11) is 3.29. The van der Waals surface area contributed by atoms with Gasteiger partial charge in [-0.15, -0.1) is 0 Å². The lowest BCUT2D eigenvalue weighted by Crippen LogP contribution is -2.30. The first-order valence-electron chi connectivity index (χ1n) is 6.86. The number of likely N-dealkylation sites (N-methyl/N-ethyl adjacent to an activating group) is 1. The summed E-state index contributed by atoms with van der Waals surface area (Å²) < 4.78 is 31.8. The number of hydrogen-bond acceptors (Lipinski definition) is 2. The Kier molecular flexibility index (Phi) is 5.28. The van der Waals surface area contributed by atoms with Crippen molar-refractivity contribution >= 4 is 0 Å². The van der Waals surface area contributed by atoms with E-state index in [2.05, 4.69) is 5.32 Å². The van der Waals surface area contributed by atoms with Gasteiger partial charge in [-0.25, -0.2) is 8.78 Å². The molecule has 0 radical (unpaired) electrons. The number of benzene rings is 2. The number of nitrogens with one attached hydrogen (secondary N) is 1. The Bertz CT molecular complexity index is 601. The van der Waals surface area contributed by atoms with Gasteiger partial charge in [-0.1, -0.05) is 18.2 Å². The van der Waals surface area contributed by atoms with Crippen LogP contribution in [-0.4, -0.2) is 20.2 Å². The van der Waals surface area contributed by atoms with E-state index in [1.165, 1.54) is 25.3 Å². The highest BCUT2D eigenvalue weighted by Crippen LogP contribution is 2.19. The van der Waals surface area contributed by atoms with Gasteiger partial charge in [-0.2, -0.15) is 0 Å². The summed E-state index contributed by atoms with van der Waals surface area (Å²) in [5, 5.41) is 3.19. The molecule has 1 atom stereocenters. The van der Waals surface area contributed by atoms with E-state index in [0.717, 1.165) is 11.1 Å². The lowest BCUT2D eigenvalue weighted by molar-refractivity contribution is 0.386. The summed E-state index contributed by atoms with van der Waals surface area (Å²) in [6.07, 6.45) is 1.34. The molecule has 21 heavy (non-hydrogen) atoms. The molecule has 0 aromatic heterocycles. The zero-order valence-electron chi connectivity index (χ0n) is 12.2. The van der Waals surface area contributed by atoms with E-state index in [0.29, 0.717) is 12.8 Å². The molecule has 1 N–H and O–H groups in total. The highest BCUT2D eigenvalue weighted by molar-refractivity contribution is 5.30. The van der Waals surface area contributed by atoms with Crippen LogP contribution in [0.2, 0.25) is 0 Å². The van der Waals surface area contributed by atoms with E-state index < -0.39 is 0 Å². The maximum Gasteiger partial charge on any atom is 0.165 e. The third-order valence-corrected chi connectivity index (χ3v) is 3.48. The molecule has 1 unspecified atom stereocenters. The monoisotopic (exact) mass is 291 g/mol. The van der Waals surface area contributed by atoms with Gasteiger partial charge in [0.25, 0.3) is 0 Å². The molecule has 2 nitrogen and oxygen atoms in total. The van der Waals surface area contributed by atoms with Gasteiger partial charge in [0.2, 0.25) is 0 Å². The fourth-order valence-electron chi connectivity index (χ4n) is 2.35. The molecule has 0 aliphatic carbocycles. The van der Waals surface area contributed by atoms with E-state index in [9.17, 15) is 8.78 Å². The number of hydrogen-bond donors (Lipinski definition) is 1. The molecule has 0 amide bonds. The van der Waals surface area contributed by atoms with E-state index in [4.69, 9.17) is 4.74 Å². The van der Waals surface area contributed by atoms with Crippen LogP contribution < -0.4 is 10.1 Å². The van der Waals surface area contributed by atoms with Crippen molar-refractivity contribution in [2.24, 2.45) is 0 Å². The summed E-state index contributed by atoms with van der Waals surface area (Å²) in [5.74, 6) is -0.363. The quantitative estimate of drug-likeness (QED) is 0.881. The largest absolute Gasteiger partial charge is 0.494 e. The zero-order chi connectivity index (χ0) is 15.2. The van der Waals surface area contributed by atoms with Gasteiger partial charge in [0.15, 0.2) is 11.6 Å². The first-order valence-corrected chi connectivity index (χ1v) is 6.86. The Hall–Kier alpha value is -1.94. The lowest BCUT2D eigenvalue weighted by atomic mass is 9.99. The van der Waals surface area contributed by atoms with Crippen LogP contribution in [0.1, 0.15) is 11.1 Å². The Labute approximate surface area is 123 Å². The highest BCUT2D eigenvalue weighted by Gasteiger charge is 2.11. The van der Waals surface area contributed by atoms with E-state index in [1.807, 2.05) is 19.2 Å². The van der Waals surface area contributed by atoms with Crippen molar-refractivity contribution in [1.29, 1.82) is 0 Å². The molecule has 0 saturated heterocycles. The van der Waals surface area contributed by atoms with E-state index in [-0.39, 0.29) is 23.4 Å². The summed E-state index contributed by atoms with van der Waals surface area (Å²) in [4.78, 5) is 0. The zero-order valence-corrected chi connectivity index (χ0v) is 12.2. The van der Waals surface area contributed by atoms with Crippen LogP contribution in [-0.2, 0) is 12.8 Å². The van der Waals surface area contributed by atoms with Crippen molar-refractivity contribution in [2.45, 2.75) is 18.9 Å². The Morgan fingerprint density at radius 3 is 2.33 bits per heavy atom. The fourth-order valence-corrected chi connectivity index (χ4v) is 2.35. The highest BCUT2D eigenvalue weighted by atomic mass is 19.1. The van der Waals surface area contributed by atoms with Gasteiger partial charge < -0.3 is 10.1 Å². The van der Waals surface area contributed by atoms with Crippen LogP contribution in [0.4, 0.5) is 8.78 Å². The van der Waals surface area contributed by atoms with Crippen molar-refractivity contribution in [3.05, 3.63) is 65.2 Å². The molecule has 0 saturated carbocycles. The SMILES string of the molecule is CNC(Cc1cccc(F)c1)Cc1ccc(OC)c(F)c1. The lowest BCUT2D eigenvalue weighted by Gasteiger charge is -2.17. The number of halogens is 2. The smallest absolute Gasteiger partial charge is 0.165 e. The number of ether oxygens (including phenoxy) is 1. The summed E-state index contributed by atoms with van der Waals surface area (Å²) >= 11 is 0. The predicted octanol–water partition coefficient (Wildman–Crippen LogP) is 3.35. The molecule has 4 heteroatoms. The second kappa shape index (κ2) is 7.18. The van der Waals surface area contributed by atoms with E-state index in [1.54, 1.807) is 12.1 Å². The maximum absolute atomic E-state index is 13.7. The van der Waals surface area contributed by atoms with Gasteiger partial charge >= 0.3 is 0 Å². The summed E-state index contributed by atoms with van der Waals surface area (Å²) in [6, 6.07) is 11.6. The summed E-state index contributed by atoms with van der Waals surface area (Å²) in [6.45, 7) is 0. The fraction of sp³-hybridized carbons (Fsp3) is 0.294. The van der Waals surface area contributed by atoms with Crippen molar-refractivity contribution in [2.75, 3.05) is 14.2 Å². The number of methoxy groups -OCH3 is 1. The Morgan fingerprint density at radius 2 is 1.76 bits per heavy atom. The third-order valence-electron chi connectivity index (χ3n) is 3.48. The first-order chi connectivity index (χ1) is 10.1. The molecule has 112 valence electrons. The van der Waals surface area contributed by atoms with Crippen molar-refractivity contribution in [3.8, 4) is 5.75 Å². The maximum atomic E-state index is 13.7. The summed E-state index contributed by atoms with van der Waals surface area (Å²) in [5.41, 5.74) is 1.80. The van der Waals surface area contributed by atoms with Crippen LogP contribution in [0.25, 0.3) is 0 Å². The average molecular weight is 291 g/mol.